The first-order valence-electron chi connectivity index (χ1n) is 10.4. The van der Waals surface area contributed by atoms with E-state index in [1.165, 1.54) is 14.2 Å². The minimum atomic E-state index is -3.36. The van der Waals surface area contributed by atoms with Crippen LogP contribution in [0.15, 0.2) is 58.3 Å². The van der Waals surface area contributed by atoms with E-state index in [9.17, 15) is 16.8 Å². The maximum absolute atomic E-state index is 12.6. The molecule has 12 heteroatoms. The van der Waals surface area contributed by atoms with Crippen molar-refractivity contribution in [1.29, 1.82) is 0 Å². The van der Waals surface area contributed by atoms with Crippen LogP contribution in [0.5, 0.6) is 11.5 Å². The van der Waals surface area contributed by atoms with Gasteiger partial charge in [-0.2, -0.15) is 0 Å². The lowest BCUT2D eigenvalue weighted by molar-refractivity contribution is 0.143. The molecule has 1 aliphatic heterocycles. The molecule has 0 aliphatic carbocycles. The van der Waals surface area contributed by atoms with Crippen molar-refractivity contribution in [2.75, 3.05) is 65.0 Å². The Morgan fingerprint density at radius 2 is 0.912 bits per heavy atom. The van der Waals surface area contributed by atoms with Crippen molar-refractivity contribution in [3.8, 4) is 11.5 Å². The molecule has 0 N–H and O–H groups in total. The topological polar surface area (TPSA) is 93.2 Å². The van der Waals surface area contributed by atoms with Crippen molar-refractivity contribution in [1.82, 2.24) is 9.80 Å². The number of halogens is 2. The smallest absolute Gasteiger partial charge is 0.179 e. The number of benzene rings is 2. The maximum atomic E-state index is 12.6. The molecule has 1 heterocycles. The second-order valence-corrected chi connectivity index (χ2v) is 11.9. The number of methoxy groups -OCH3 is 2. The molecule has 0 aromatic heterocycles. The summed E-state index contributed by atoms with van der Waals surface area (Å²) in [6, 6.07) is 12.8. The molecule has 0 amide bonds. The Bertz CT molecular complexity index is 998. The molecule has 1 saturated heterocycles. The van der Waals surface area contributed by atoms with Gasteiger partial charge in [0, 0.05) is 39.3 Å². The summed E-state index contributed by atoms with van der Waals surface area (Å²) in [7, 11) is -3.65. The summed E-state index contributed by atoms with van der Waals surface area (Å²) in [6.45, 7) is 3.74. The Labute approximate surface area is 214 Å². The van der Waals surface area contributed by atoms with E-state index in [0.29, 0.717) is 60.6 Å². The SMILES string of the molecule is COc1ccc(S(=O)(=O)CCN2CCN(CCS(=O)(=O)c3ccc(OC)cc3)CC2)cc1.Cl.Cl. The van der Waals surface area contributed by atoms with Crippen molar-refractivity contribution in [2.24, 2.45) is 0 Å². The van der Waals surface area contributed by atoms with Crippen LogP contribution >= 0.6 is 24.8 Å². The van der Waals surface area contributed by atoms with Crippen LogP contribution in [0.1, 0.15) is 0 Å². The fraction of sp³-hybridized carbons (Fsp3) is 0.455. The standard InChI is InChI=1S/C22H30N2O6S2.2ClH/c1-29-19-3-7-21(8-4-19)31(25,26)17-15-23-11-13-24(14-12-23)16-18-32(27,28)22-9-5-20(30-2)6-10-22;;/h3-10H,11-18H2,1-2H3;2*1H. The summed E-state index contributed by atoms with van der Waals surface area (Å²) in [5, 5.41) is 0. The summed E-state index contributed by atoms with van der Waals surface area (Å²) in [5.41, 5.74) is 0. The van der Waals surface area contributed by atoms with Crippen LogP contribution in [0.3, 0.4) is 0 Å². The van der Waals surface area contributed by atoms with Gasteiger partial charge in [-0.15, -0.1) is 24.8 Å². The Hall–Kier alpha value is -1.56. The molecule has 0 bridgehead atoms. The third kappa shape index (κ3) is 8.28. The summed E-state index contributed by atoms with van der Waals surface area (Å²) in [5.74, 6) is 1.33. The number of hydrogen-bond donors (Lipinski definition) is 0. The minimum Gasteiger partial charge on any atom is -0.497 e. The van der Waals surface area contributed by atoms with E-state index < -0.39 is 19.7 Å². The number of rotatable bonds is 10. The van der Waals surface area contributed by atoms with Crippen LogP contribution in [-0.2, 0) is 19.7 Å². The van der Waals surface area contributed by atoms with Crippen LogP contribution in [-0.4, -0.2) is 91.6 Å². The van der Waals surface area contributed by atoms with Gasteiger partial charge in [0.1, 0.15) is 11.5 Å². The molecule has 0 spiro atoms. The molecule has 8 nitrogen and oxygen atoms in total. The van der Waals surface area contributed by atoms with Crippen LogP contribution in [0.2, 0.25) is 0 Å². The number of sulfone groups is 2. The number of piperazine rings is 1. The van der Waals surface area contributed by atoms with Crippen molar-refractivity contribution >= 4 is 44.5 Å². The van der Waals surface area contributed by atoms with Crippen LogP contribution in [0.4, 0.5) is 0 Å². The average molecular weight is 556 g/mol. The molecular weight excluding hydrogens is 523 g/mol. The third-order valence-corrected chi connectivity index (χ3v) is 9.08. The van der Waals surface area contributed by atoms with Gasteiger partial charge < -0.3 is 9.47 Å². The molecule has 0 atom stereocenters. The van der Waals surface area contributed by atoms with E-state index in [-0.39, 0.29) is 36.3 Å². The second-order valence-electron chi connectivity index (χ2n) is 7.67. The first-order valence-corrected chi connectivity index (χ1v) is 13.7. The largest absolute Gasteiger partial charge is 0.497 e. The van der Waals surface area contributed by atoms with Gasteiger partial charge in [0.25, 0.3) is 0 Å². The fourth-order valence-electron chi connectivity index (χ4n) is 3.54. The fourth-order valence-corrected chi connectivity index (χ4v) is 6.11. The number of nitrogens with zero attached hydrogens (tertiary/aromatic N) is 2. The predicted molar refractivity (Wildman–Crippen MR) is 137 cm³/mol. The lowest BCUT2D eigenvalue weighted by Crippen LogP contribution is -2.48. The second kappa shape index (κ2) is 13.5. The van der Waals surface area contributed by atoms with Gasteiger partial charge in [0.05, 0.1) is 35.5 Å². The van der Waals surface area contributed by atoms with Gasteiger partial charge in [0.15, 0.2) is 19.7 Å². The predicted octanol–water partition coefficient (Wildman–Crippen LogP) is 2.41. The van der Waals surface area contributed by atoms with Crippen molar-refractivity contribution < 1.29 is 26.3 Å². The first-order chi connectivity index (χ1) is 15.2. The van der Waals surface area contributed by atoms with E-state index in [1.54, 1.807) is 48.5 Å². The summed E-state index contributed by atoms with van der Waals surface area (Å²) in [6.07, 6.45) is 0. The monoisotopic (exact) mass is 554 g/mol. The zero-order chi connectivity index (χ0) is 23.2. The zero-order valence-electron chi connectivity index (χ0n) is 19.3. The third-order valence-electron chi connectivity index (χ3n) is 5.65. The highest BCUT2D eigenvalue weighted by atomic mass is 35.5. The Balaban J connectivity index is 0.00000289. The Morgan fingerprint density at radius 1 is 0.618 bits per heavy atom. The lowest BCUT2D eigenvalue weighted by Gasteiger charge is -2.34. The molecule has 0 radical (unpaired) electrons. The van der Waals surface area contributed by atoms with E-state index in [4.69, 9.17) is 9.47 Å². The van der Waals surface area contributed by atoms with Gasteiger partial charge in [0.2, 0.25) is 0 Å². The van der Waals surface area contributed by atoms with Gasteiger partial charge >= 0.3 is 0 Å². The minimum absolute atomic E-state index is 0. The van der Waals surface area contributed by atoms with Crippen molar-refractivity contribution in [3.05, 3.63) is 48.5 Å². The van der Waals surface area contributed by atoms with Gasteiger partial charge in [-0.1, -0.05) is 0 Å². The Morgan fingerprint density at radius 3 is 1.18 bits per heavy atom. The van der Waals surface area contributed by atoms with Gasteiger partial charge in [-0.05, 0) is 48.5 Å². The van der Waals surface area contributed by atoms with Crippen molar-refractivity contribution in [3.63, 3.8) is 0 Å². The lowest BCUT2D eigenvalue weighted by atomic mass is 10.3. The zero-order valence-corrected chi connectivity index (χ0v) is 22.5. The van der Waals surface area contributed by atoms with E-state index in [0.717, 1.165) is 0 Å². The molecular formula is C22H32Cl2N2O6S2. The summed E-state index contributed by atoms with van der Waals surface area (Å²) in [4.78, 5) is 4.80. The van der Waals surface area contributed by atoms with E-state index >= 15 is 0 Å². The quantitative estimate of drug-likeness (QED) is 0.442. The molecule has 1 aliphatic rings. The van der Waals surface area contributed by atoms with E-state index in [2.05, 4.69) is 9.80 Å². The normalized spacial score (nSPS) is 15.1. The molecule has 192 valence electrons. The summed E-state index contributed by atoms with van der Waals surface area (Å²) >= 11 is 0. The van der Waals surface area contributed by atoms with Crippen molar-refractivity contribution in [2.45, 2.75) is 9.79 Å². The average Bonchev–Trinajstić information content (AvgIpc) is 2.82. The van der Waals surface area contributed by atoms with Crippen LogP contribution in [0.25, 0.3) is 0 Å². The van der Waals surface area contributed by atoms with Gasteiger partial charge in [-0.25, -0.2) is 16.8 Å². The number of ether oxygens (including phenoxy) is 2. The Kier molecular flexibility index (Phi) is 12.1. The van der Waals surface area contributed by atoms with Gasteiger partial charge in [-0.3, -0.25) is 9.80 Å². The highest BCUT2D eigenvalue weighted by Gasteiger charge is 2.22. The molecule has 2 aromatic carbocycles. The summed E-state index contributed by atoms with van der Waals surface area (Å²) < 4.78 is 60.4. The van der Waals surface area contributed by atoms with Crippen LogP contribution < -0.4 is 9.47 Å². The molecule has 2 aromatic rings. The van der Waals surface area contributed by atoms with E-state index in [1.807, 2.05) is 0 Å². The molecule has 0 saturated carbocycles. The number of hydrogen-bond acceptors (Lipinski definition) is 8. The molecule has 1 fully saturated rings. The molecule has 34 heavy (non-hydrogen) atoms. The first kappa shape index (κ1) is 30.5. The highest BCUT2D eigenvalue weighted by molar-refractivity contribution is 7.91. The van der Waals surface area contributed by atoms with Crippen LogP contribution in [0, 0.1) is 0 Å². The molecule has 3 rings (SSSR count). The maximum Gasteiger partial charge on any atom is 0.179 e. The molecule has 0 unspecified atom stereocenters. The highest BCUT2D eigenvalue weighted by Crippen LogP contribution is 2.18.